The SMILES string of the molecule is CN1CCN(n2cncc2CCl)CC1. The lowest BCUT2D eigenvalue weighted by molar-refractivity contribution is 0.286. The van der Waals surface area contributed by atoms with Gasteiger partial charge in [0.1, 0.15) is 6.33 Å². The molecular weight excluding hydrogens is 200 g/mol. The van der Waals surface area contributed by atoms with Crippen molar-refractivity contribution >= 4 is 11.6 Å². The van der Waals surface area contributed by atoms with E-state index in [0.717, 1.165) is 31.9 Å². The summed E-state index contributed by atoms with van der Waals surface area (Å²) >= 11 is 5.82. The van der Waals surface area contributed by atoms with Crippen molar-refractivity contribution in [1.29, 1.82) is 0 Å². The van der Waals surface area contributed by atoms with Crippen LogP contribution in [0.2, 0.25) is 0 Å². The summed E-state index contributed by atoms with van der Waals surface area (Å²) in [5, 5.41) is 2.28. The first kappa shape index (κ1) is 9.80. The molecule has 0 bridgehead atoms. The predicted octanol–water partition coefficient (Wildman–Crippen LogP) is 0.505. The third-order valence-corrected chi connectivity index (χ3v) is 2.89. The highest BCUT2D eigenvalue weighted by Gasteiger charge is 2.15. The Labute approximate surface area is 89.0 Å². The molecule has 1 aromatic heterocycles. The molecule has 0 radical (unpaired) electrons. The van der Waals surface area contributed by atoms with Crippen molar-refractivity contribution in [2.24, 2.45) is 0 Å². The molecule has 14 heavy (non-hydrogen) atoms. The second kappa shape index (κ2) is 4.19. The molecule has 1 aliphatic rings. The van der Waals surface area contributed by atoms with Gasteiger partial charge >= 0.3 is 0 Å². The van der Waals surface area contributed by atoms with Gasteiger partial charge in [0, 0.05) is 26.2 Å². The maximum Gasteiger partial charge on any atom is 0.114 e. The number of piperazine rings is 1. The van der Waals surface area contributed by atoms with Gasteiger partial charge in [-0.3, -0.25) is 0 Å². The molecule has 0 saturated carbocycles. The van der Waals surface area contributed by atoms with E-state index in [1.165, 1.54) is 0 Å². The van der Waals surface area contributed by atoms with E-state index in [9.17, 15) is 0 Å². The van der Waals surface area contributed by atoms with Gasteiger partial charge in [-0.15, -0.1) is 11.6 Å². The summed E-state index contributed by atoms with van der Waals surface area (Å²) in [6.07, 6.45) is 3.66. The molecule has 0 spiro atoms. The van der Waals surface area contributed by atoms with Crippen LogP contribution in [0.1, 0.15) is 5.69 Å². The molecule has 5 heteroatoms. The Bertz CT molecular complexity index is 291. The first-order chi connectivity index (χ1) is 6.81. The fourth-order valence-corrected chi connectivity index (χ4v) is 1.87. The number of halogens is 1. The zero-order valence-corrected chi connectivity index (χ0v) is 9.11. The number of nitrogens with zero attached hydrogens (tertiary/aromatic N) is 4. The number of hydrogen-bond acceptors (Lipinski definition) is 3. The smallest absolute Gasteiger partial charge is 0.114 e. The Morgan fingerprint density at radius 3 is 2.71 bits per heavy atom. The third kappa shape index (κ3) is 1.86. The predicted molar refractivity (Wildman–Crippen MR) is 57.2 cm³/mol. The van der Waals surface area contributed by atoms with Crippen LogP contribution in [-0.2, 0) is 5.88 Å². The van der Waals surface area contributed by atoms with Gasteiger partial charge in [0.2, 0.25) is 0 Å². The van der Waals surface area contributed by atoms with Crippen LogP contribution < -0.4 is 5.01 Å². The maximum atomic E-state index is 5.82. The highest BCUT2D eigenvalue weighted by molar-refractivity contribution is 6.16. The van der Waals surface area contributed by atoms with E-state index < -0.39 is 0 Å². The van der Waals surface area contributed by atoms with E-state index in [1.54, 1.807) is 0 Å². The molecule has 0 N–H and O–H groups in total. The van der Waals surface area contributed by atoms with Gasteiger partial charge in [-0.25, -0.2) is 9.66 Å². The summed E-state index contributed by atoms with van der Waals surface area (Å²) in [7, 11) is 2.15. The lowest BCUT2D eigenvalue weighted by atomic mass is 10.4. The molecule has 0 atom stereocenters. The Hall–Kier alpha value is -0.740. The van der Waals surface area contributed by atoms with E-state index in [-0.39, 0.29) is 0 Å². The van der Waals surface area contributed by atoms with E-state index in [4.69, 9.17) is 11.6 Å². The average molecular weight is 215 g/mol. The van der Waals surface area contributed by atoms with E-state index in [2.05, 4.69) is 26.6 Å². The third-order valence-electron chi connectivity index (χ3n) is 2.62. The molecule has 2 rings (SSSR count). The minimum Gasteiger partial charge on any atom is -0.309 e. The summed E-state index contributed by atoms with van der Waals surface area (Å²) in [5.74, 6) is 0.520. The van der Waals surface area contributed by atoms with Gasteiger partial charge in [-0.2, -0.15) is 0 Å². The molecule has 1 saturated heterocycles. The Morgan fingerprint density at radius 1 is 1.36 bits per heavy atom. The van der Waals surface area contributed by atoms with Crippen molar-refractivity contribution in [3.8, 4) is 0 Å². The molecule has 0 unspecified atom stereocenters. The molecule has 1 aliphatic heterocycles. The zero-order valence-electron chi connectivity index (χ0n) is 8.36. The highest BCUT2D eigenvalue weighted by Crippen LogP contribution is 2.06. The largest absolute Gasteiger partial charge is 0.309 e. The molecule has 1 fully saturated rings. The molecule has 4 nitrogen and oxygen atoms in total. The van der Waals surface area contributed by atoms with Crippen LogP contribution in [0.3, 0.4) is 0 Å². The van der Waals surface area contributed by atoms with Crippen LogP contribution in [0.25, 0.3) is 0 Å². The van der Waals surface area contributed by atoms with Gasteiger partial charge in [-0.05, 0) is 7.05 Å². The van der Waals surface area contributed by atoms with Crippen LogP contribution in [-0.4, -0.2) is 47.8 Å². The topological polar surface area (TPSA) is 24.3 Å². The molecule has 0 aromatic carbocycles. The quantitative estimate of drug-likeness (QED) is 0.671. The van der Waals surface area contributed by atoms with Gasteiger partial charge in [0.05, 0.1) is 17.8 Å². The summed E-state index contributed by atoms with van der Waals surface area (Å²) in [6.45, 7) is 4.27. The summed E-state index contributed by atoms with van der Waals surface area (Å²) in [4.78, 5) is 6.44. The van der Waals surface area contributed by atoms with Crippen molar-refractivity contribution < 1.29 is 0 Å². The van der Waals surface area contributed by atoms with Crippen molar-refractivity contribution in [2.75, 3.05) is 38.2 Å². The molecule has 0 amide bonds. The van der Waals surface area contributed by atoms with Crippen molar-refractivity contribution in [2.45, 2.75) is 5.88 Å². The van der Waals surface area contributed by atoms with Crippen LogP contribution in [0, 0.1) is 0 Å². The number of alkyl halides is 1. The van der Waals surface area contributed by atoms with Gasteiger partial charge in [-0.1, -0.05) is 0 Å². The van der Waals surface area contributed by atoms with Crippen molar-refractivity contribution in [3.63, 3.8) is 0 Å². The van der Waals surface area contributed by atoms with Crippen molar-refractivity contribution in [1.82, 2.24) is 14.6 Å². The first-order valence-corrected chi connectivity index (χ1v) is 5.35. The standard InChI is InChI=1S/C9H15ClN4/c1-12-2-4-13(5-3-12)14-8-11-7-9(14)6-10/h7-8H,2-6H2,1H3. The average Bonchev–Trinajstić information content (AvgIpc) is 2.67. The molecule has 1 aromatic rings. The Morgan fingerprint density at radius 2 is 2.07 bits per heavy atom. The van der Waals surface area contributed by atoms with Gasteiger partial charge in [0.25, 0.3) is 0 Å². The fraction of sp³-hybridized carbons (Fsp3) is 0.667. The van der Waals surface area contributed by atoms with Gasteiger partial charge in [0.15, 0.2) is 0 Å². The lowest BCUT2D eigenvalue weighted by Gasteiger charge is -2.35. The molecule has 2 heterocycles. The van der Waals surface area contributed by atoms with Gasteiger partial charge < -0.3 is 9.91 Å². The van der Waals surface area contributed by atoms with Crippen LogP contribution in [0.15, 0.2) is 12.5 Å². The second-order valence-electron chi connectivity index (χ2n) is 3.62. The lowest BCUT2D eigenvalue weighted by Crippen LogP contribution is -2.50. The minimum atomic E-state index is 0.520. The fourth-order valence-electron chi connectivity index (χ4n) is 1.68. The monoisotopic (exact) mass is 214 g/mol. The Kier molecular flexibility index (Phi) is 2.93. The number of aromatic nitrogens is 2. The summed E-state index contributed by atoms with van der Waals surface area (Å²) in [6, 6.07) is 0. The van der Waals surface area contributed by atoms with E-state index >= 15 is 0 Å². The van der Waals surface area contributed by atoms with E-state index in [1.807, 2.05) is 12.5 Å². The second-order valence-corrected chi connectivity index (χ2v) is 3.89. The van der Waals surface area contributed by atoms with Crippen molar-refractivity contribution in [3.05, 3.63) is 18.2 Å². The molecule has 0 aliphatic carbocycles. The number of imidazole rings is 1. The van der Waals surface area contributed by atoms with E-state index in [0.29, 0.717) is 5.88 Å². The van der Waals surface area contributed by atoms with Crippen LogP contribution in [0.4, 0.5) is 0 Å². The Balaban J connectivity index is 2.08. The number of likely N-dealkylation sites (N-methyl/N-ethyl adjacent to an activating group) is 1. The van der Waals surface area contributed by atoms with Crippen LogP contribution >= 0.6 is 11.6 Å². The summed E-state index contributed by atoms with van der Waals surface area (Å²) in [5.41, 5.74) is 1.07. The number of hydrogen-bond donors (Lipinski definition) is 0. The maximum absolute atomic E-state index is 5.82. The highest BCUT2D eigenvalue weighted by atomic mass is 35.5. The van der Waals surface area contributed by atoms with Crippen LogP contribution in [0.5, 0.6) is 0 Å². The normalized spacial score (nSPS) is 18.9. The summed E-state index contributed by atoms with van der Waals surface area (Å²) < 4.78 is 2.07. The number of rotatable bonds is 2. The molecular formula is C9H15ClN4. The molecule has 78 valence electrons. The zero-order chi connectivity index (χ0) is 9.97. The first-order valence-electron chi connectivity index (χ1n) is 4.82. The minimum absolute atomic E-state index is 0.520.